The molecule has 6 heavy (non-hydrogen) atoms. The van der Waals surface area contributed by atoms with Crippen molar-refractivity contribution < 1.29 is 49.7 Å². The molecule has 0 spiro atoms. The van der Waals surface area contributed by atoms with E-state index in [0.717, 1.165) is 0 Å². The zero-order chi connectivity index (χ0) is 4.28. The summed E-state index contributed by atoms with van der Waals surface area (Å²) in [5, 5.41) is 23.4. The Bertz CT molecular complexity index is 21.5. The van der Waals surface area contributed by atoms with E-state index in [1.807, 2.05) is 0 Å². The van der Waals surface area contributed by atoms with Gasteiger partial charge >= 0.3 is 36.9 Å². The van der Waals surface area contributed by atoms with Gasteiger partial charge in [0.1, 0.15) is 0 Å². The Kier molecular flexibility index (Phi) is 9.85. The van der Waals surface area contributed by atoms with Crippen molar-refractivity contribution in [1.82, 2.24) is 0 Å². The average Bonchev–Trinajstić information content (AvgIpc) is 1.38. The van der Waals surface area contributed by atoms with Gasteiger partial charge in [-0.15, -0.1) is 0 Å². The molecule has 0 aliphatic heterocycles. The number of rotatable bonds is 1. The van der Waals surface area contributed by atoms with Crippen LogP contribution < -0.4 is 34.8 Å². The smallest absolute Gasteiger partial charge is 0.737 e. The molecule has 0 aliphatic carbocycles. The first-order valence-electron chi connectivity index (χ1n) is 0.919. The molecule has 0 amide bonds. The molecular formula is H2BNaO4. The Balaban J connectivity index is 0. The van der Waals surface area contributed by atoms with Gasteiger partial charge in [-0.05, 0) is 0 Å². The fourth-order valence-electron chi connectivity index (χ4n) is 0. The van der Waals surface area contributed by atoms with Crippen LogP contribution in [0.2, 0.25) is 0 Å². The predicted molar refractivity (Wildman–Crippen MR) is 11.3 cm³/mol. The summed E-state index contributed by atoms with van der Waals surface area (Å²) in [6.45, 7) is 0. The van der Waals surface area contributed by atoms with Gasteiger partial charge < -0.3 is 20.1 Å². The molecule has 2 N–H and O–H groups in total. The van der Waals surface area contributed by atoms with Gasteiger partial charge in [0.15, 0.2) is 0 Å². The monoisotopic (exact) mass is 100.0 g/mol. The largest absolute Gasteiger partial charge is 1.00 e. The van der Waals surface area contributed by atoms with Crippen LogP contribution in [0.1, 0.15) is 0 Å². The zero-order valence-corrected chi connectivity index (χ0v) is 5.29. The minimum Gasteiger partial charge on any atom is -0.737 e. The zero-order valence-electron chi connectivity index (χ0n) is 3.29. The first-order valence-corrected chi connectivity index (χ1v) is 0.919. The summed E-state index contributed by atoms with van der Waals surface area (Å²) >= 11 is 0. The third kappa shape index (κ3) is 8.86. The van der Waals surface area contributed by atoms with Crippen molar-refractivity contribution in [2.45, 2.75) is 0 Å². The van der Waals surface area contributed by atoms with E-state index in [9.17, 15) is 0 Å². The van der Waals surface area contributed by atoms with Crippen molar-refractivity contribution >= 4 is 7.32 Å². The van der Waals surface area contributed by atoms with Crippen LogP contribution in [0.4, 0.5) is 0 Å². The summed E-state index contributed by atoms with van der Waals surface area (Å²) in [7, 11) is -2.17. The summed E-state index contributed by atoms with van der Waals surface area (Å²) < 4.78 is 0. The molecule has 0 aromatic rings. The maximum absolute atomic E-state index is 8.63. The normalized spacial score (nSPS) is 6.50. The Morgan fingerprint density at radius 1 is 1.50 bits per heavy atom. The van der Waals surface area contributed by atoms with E-state index < -0.39 is 7.32 Å². The summed E-state index contributed by atoms with van der Waals surface area (Å²) in [5.74, 6) is 0. The maximum Gasteiger partial charge on any atom is 1.00 e. The second-order valence-corrected chi connectivity index (χ2v) is 0.423. The molecule has 0 rings (SSSR count). The minimum absolute atomic E-state index is 0. The minimum atomic E-state index is -2.17. The standard InChI is InChI=1S/BH3O4.Na/c2-1(3)5-4;/h2-4H;/q;+1/p-1. The molecule has 0 atom stereocenters. The van der Waals surface area contributed by atoms with Crippen molar-refractivity contribution in [2.24, 2.45) is 0 Å². The second-order valence-electron chi connectivity index (χ2n) is 0.423. The van der Waals surface area contributed by atoms with Crippen LogP contribution in [-0.4, -0.2) is 17.4 Å². The van der Waals surface area contributed by atoms with Crippen LogP contribution in [0.3, 0.4) is 0 Å². The third-order valence-electron chi connectivity index (χ3n) is 0.0861. The van der Waals surface area contributed by atoms with E-state index in [0.29, 0.717) is 0 Å². The first kappa shape index (κ1) is 10.0. The molecular weight excluding hydrogens is 97.8 g/mol. The summed E-state index contributed by atoms with van der Waals surface area (Å²) in [4.78, 5) is 2.61. The first-order chi connectivity index (χ1) is 2.27. The average molecular weight is 99.8 g/mol. The summed E-state index contributed by atoms with van der Waals surface area (Å²) in [6, 6.07) is 0. The van der Waals surface area contributed by atoms with Gasteiger partial charge in [0, 0.05) is 0 Å². The van der Waals surface area contributed by atoms with E-state index in [4.69, 9.17) is 15.3 Å². The van der Waals surface area contributed by atoms with E-state index >= 15 is 0 Å². The Morgan fingerprint density at radius 2 is 1.67 bits per heavy atom. The van der Waals surface area contributed by atoms with Crippen LogP contribution in [0.5, 0.6) is 0 Å². The van der Waals surface area contributed by atoms with Crippen molar-refractivity contribution in [3.63, 3.8) is 0 Å². The van der Waals surface area contributed by atoms with Crippen LogP contribution in [0, 0.1) is 0 Å². The van der Waals surface area contributed by atoms with Crippen LogP contribution in [0.15, 0.2) is 0 Å². The Morgan fingerprint density at radius 3 is 1.67 bits per heavy atom. The molecule has 0 bridgehead atoms. The second kappa shape index (κ2) is 5.90. The van der Waals surface area contributed by atoms with Crippen LogP contribution >= 0.6 is 0 Å². The molecule has 0 saturated carbocycles. The van der Waals surface area contributed by atoms with Crippen molar-refractivity contribution in [1.29, 1.82) is 0 Å². The predicted octanol–water partition coefficient (Wildman–Crippen LogP) is -5.75. The van der Waals surface area contributed by atoms with E-state index in [-0.39, 0.29) is 29.6 Å². The van der Waals surface area contributed by atoms with Crippen LogP contribution in [0.25, 0.3) is 0 Å². The van der Waals surface area contributed by atoms with Gasteiger partial charge in [-0.1, -0.05) is 0 Å². The van der Waals surface area contributed by atoms with Gasteiger partial charge in [-0.3, -0.25) is 0 Å². The Labute approximate surface area is 57.1 Å². The fraction of sp³-hybridized carbons (Fsp3) is 0. The topological polar surface area (TPSA) is 72.8 Å². The molecule has 30 valence electrons. The number of hydrogen-bond donors (Lipinski definition) is 2. The van der Waals surface area contributed by atoms with Crippen molar-refractivity contribution in [2.75, 3.05) is 0 Å². The molecule has 0 aromatic heterocycles. The number of hydrogen-bond acceptors (Lipinski definition) is 4. The van der Waals surface area contributed by atoms with Gasteiger partial charge in [0.2, 0.25) is 0 Å². The fourth-order valence-corrected chi connectivity index (χ4v) is 0. The molecule has 6 heteroatoms. The Hall–Kier alpha value is 0.905. The van der Waals surface area contributed by atoms with Gasteiger partial charge in [0.05, 0.1) is 0 Å². The molecule has 0 saturated heterocycles. The van der Waals surface area contributed by atoms with Gasteiger partial charge in [0.25, 0.3) is 0 Å². The van der Waals surface area contributed by atoms with E-state index in [2.05, 4.69) is 4.81 Å². The van der Waals surface area contributed by atoms with E-state index in [1.165, 1.54) is 0 Å². The maximum atomic E-state index is 8.63. The molecule has 0 heterocycles. The summed E-state index contributed by atoms with van der Waals surface area (Å²) in [5.41, 5.74) is 0. The van der Waals surface area contributed by atoms with Crippen LogP contribution in [-0.2, 0) is 4.81 Å². The molecule has 0 fully saturated rings. The van der Waals surface area contributed by atoms with Gasteiger partial charge in [-0.25, -0.2) is 0 Å². The quantitative estimate of drug-likeness (QED) is 0.195. The van der Waals surface area contributed by atoms with Crippen molar-refractivity contribution in [3.05, 3.63) is 0 Å². The molecule has 0 aromatic carbocycles. The van der Waals surface area contributed by atoms with E-state index in [1.54, 1.807) is 0 Å². The molecule has 0 radical (unpaired) electrons. The molecule has 4 nitrogen and oxygen atoms in total. The molecule has 0 unspecified atom stereocenters. The molecule has 0 aliphatic rings. The van der Waals surface area contributed by atoms with Crippen molar-refractivity contribution in [3.8, 4) is 0 Å². The SMILES string of the molecule is [Na+].[O-]OB(O)O. The third-order valence-corrected chi connectivity index (χ3v) is 0.0861. The summed E-state index contributed by atoms with van der Waals surface area (Å²) in [6.07, 6.45) is 0. The van der Waals surface area contributed by atoms with Gasteiger partial charge in [-0.2, -0.15) is 0 Å².